The van der Waals surface area contributed by atoms with Crippen LogP contribution in [0.25, 0.3) is 0 Å². The Balaban J connectivity index is 2.14. The maximum absolute atomic E-state index is 5.75. The predicted octanol–water partition coefficient (Wildman–Crippen LogP) is 3.34. The maximum atomic E-state index is 5.75. The molecule has 0 aromatic heterocycles. The third kappa shape index (κ3) is 3.63. The average molecular weight is 263 g/mol. The van der Waals surface area contributed by atoms with Crippen LogP contribution in [0.1, 0.15) is 45.6 Å². The Bertz CT molecular complexity index is 417. The van der Waals surface area contributed by atoms with E-state index in [2.05, 4.69) is 45.1 Å². The largest absolute Gasteiger partial charge is 0.490 e. The molecule has 0 bridgehead atoms. The summed E-state index contributed by atoms with van der Waals surface area (Å²) in [7, 11) is 0. The van der Waals surface area contributed by atoms with E-state index in [9.17, 15) is 0 Å². The van der Waals surface area contributed by atoms with E-state index in [0.717, 1.165) is 31.1 Å². The van der Waals surface area contributed by atoms with Gasteiger partial charge in [-0.2, -0.15) is 0 Å². The Morgan fingerprint density at radius 2 is 1.68 bits per heavy atom. The van der Waals surface area contributed by atoms with Crippen LogP contribution in [0.3, 0.4) is 0 Å². The first-order chi connectivity index (χ1) is 9.08. The summed E-state index contributed by atoms with van der Waals surface area (Å²) in [6.07, 6.45) is 0.949. The zero-order valence-electron chi connectivity index (χ0n) is 12.4. The van der Waals surface area contributed by atoms with Gasteiger partial charge in [0.2, 0.25) is 0 Å². The van der Waals surface area contributed by atoms with Crippen molar-refractivity contribution in [2.45, 2.75) is 52.1 Å². The van der Waals surface area contributed by atoms with E-state index < -0.39 is 0 Å². The standard InChI is InChI=1S/C16H25NO2/c1-11(2)17-13(4)12(3)14-6-7-15-16(10-14)19-9-5-8-18-15/h6-7,10-13,17H,5,8-9H2,1-4H3. The van der Waals surface area contributed by atoms with E-state index in [1.165, 1.54) is 5.56 Å². The number of nitrogens with one attached hydrogen (secondary N) is 1. The Morgan fingerprint density at radius 1 is 1.00 bits per heavy atom. The highest BCUT2D eigenvalue weighted by molar-refractivity contribution is 5.44. The van der Waals surface area contributed by atoms with Crippen molar-refractivity contribution in [1.29, 1.82) is 0 Å². The second-order valence-electron chi connectivity index (χ2n) is 5.66. The van der Waals surface area contributed by atoms with Crippen LogP contribution in [0.5, 0.6) is 11.5 Å². The van der Waals surface area contributed by atoms with Crippen molar-refractivity contribution in [2.75, 3.05) is 13.2 Å². The van der Waals surface area contributed by atoms with E-state index in [1.54, 1.807) is 0 Å². The van der Waals surface area contributed by atoms with Crippen LogP contribution in [0, 0.1) is 0 Å². The molecule has 1 aliphatic heterocycles. The Morgan fingerprint density at radius 3 is 2.37 bits per heavy atom. The van der Waals surface area contributed by atoms with Gasteiger partial charge in [0.25, 0.3) is 0 Å². The number of rotatable bonds is 4. The topological polar surface area (TPSA) is 30.5 Å². The molecule has 0 saturated heterocycles. The molecule has 1 aromatic carbocycles. The first-order valence-corrected chi connectivity index (χ1v) is 7.23. The van der Waals surface area contributed by atoms with E-state index >= 15 is 0 Å². The molecule has 1 aliphatic rings. The lowest BCUT2D eigenvalue weighted by molar-refractivity contribution is 0.297. The van der Waals surface area contributed by atoms with Crippen molar-refractivity contribution in [2.24, 2.45) is 0 Å². The lowest BCUT2D eigenvalue weighted by Crippen LogP contribution is -2.36. The number of fused-ring (bicyclic) bond motifs is 1. The monoisotopic (exact) mass is 263 g/mol. The summed E-state index contributed by atoms with van der Waals surface area (Å²) in [5, 5.41) is 3.56. The fraction of sp³-hybridized carbons (Fsp3) is 0.625. The summed E-state index contributed by atoms with van der Waals surface area (Å²) in [5.74, 6) is 2.20. The summed E-state index contributed by atoms with van der Waals surface area (Å²) < 4.78 is 11.4. The molecule has 19 heavy (non-hydrogen) atoms. The molecular weight excluding hydrogens is 238 g/mol. The number of hydrogen-bond acceptors (Lipinski definition) is 3. The van der Waals surface area contributed by atoms with Gasteiger partial charge in [0, 0.05) is 18.5 Å². The van der Waals surface area contributed by atoms with Crippen molar-refractivity contribution < 1.29 is 9.47 Å². The summed E-state index contributed by atoms with van der Waals surface area (Å²) in [6, 6.07) is 7.25. The Labute approximate surface area is 116 Å². The summed E-state index contributed by atoms with van der Waals surface area (Å²) in [5.41, 5.74) is 1.30. The van der Waals surface area contributed by atoms with E-state index in [-0.39, 0.29) is 0 Å². The van der Waals surface area contributed by atoms with Crippen LogP contribution in [-0.4, -0.2) is 25.3 Å². The van der Waals surface area contributed by atoms with Crippen molar-refractivity contribution in [1.82, 2.24) is 5.32 Å². The van der Waals surface area contributed by atoms with Crippen LogP contribution in [0.4, 0.5) is 0 Å². The quantitative estimate of drug-likeness (QED) is 0.903. The number of hydrogen-bond donors (Lipinski definition) is 1. The summed E-state index contributed by atoms with van der Waals surface area (Å²) in [4.78, 5) is 0. The minimum absolute atomic E-state index is 0.435. The Hall–Kier alpha value is -1.22. The predicted molar refractivity (Wildman–Crippen MR) is 78.2 cm³/mol. The summed E-state index contributed by atoms with van der Waals surface area (Å²) in [6.45, 7) is 10.3. The van der Waals surface area contributed by atoms with Gasteiger partial charge in [-0.3, -0.25) is 0 Å². The van der Waals surface area contributed by atoms with Crippen molar-refractivity contribution in [3.05, 3.63) is 23.8 Å². The average Bonchev–Trinajstić information content (AvgIpc) is 2.61. The highest BCUT2D eigenvalue weighted by atomic mass is 16.5. The fourth-order valence-electron chi connectivity index (χ4n) is 2.42. The van der Waals surface area contributed by atoms with Gasteiger partial charge < -0.3 is 14.8 Å². The molecule has 0 aliphatic carbocycles. The highest BCUT2D eigenvalue weighted by Gasteiger charge is 2.18. The molecule has 3 heteroatoms. The zero-order valence-corrected chi connectivity index (χ0v) is 12.4. The lowest BCUT2D eigenvalue weighted by Gasteiger charge is -2.24. The fourth-order valence-corrected chi connectivity index (χ4v) is 2.42. The molecule has 106 valence electrons. The van der Waals surface area contributed by atoms with Gasteiger partial charge >= 0.3 is 0 Å². The van der Waals surface area contributed by atoms with Gasteiger partial charge in [0.15, 0.2) is 11.5 Å². The van der Waals surface area contributed by atoms with Crippen LogP contribution in [0.15, 0.2) is 18.2 Å². The SMILES string of the molecule is CC(C)NC(C)C(C)c1ccc2c(c1)OCCCO2. The van der Waals surface area contributed by atoms with Crippen LogP contribution in [-0.2, 0) is 0 Å². The van der Waals surface area contributed by atoms with Gasteiger partial charge in [0.1, 0.15) is 0 Å². The minimum atomic E-state index is 0.435. The molecule has 1 N–H and O–H groups in total. The number of ether oxygens (including phenoxy) is 2. The number of benzene rings is 1. The summed E-state index contributed by atoms with van der Waals surface area (Å²) >= 11 is 0. The first-order valence-electron chi connectivity index (χ1n) is 7.23. The molecule has 3 nitrogen and oxygen atoms in total. The molecule has 2 rings (SSSR count). The second-order valence-corrected chi connectivity index (χ2v) is 5.66. The third-order valence-electron chi connectivity index (χ3n) is 3.64. The first kappa shape index (κ1) is 14.2. The molecule has 1 heterocycles. The Kier molecular flexibility index (Phi) is 4.70. The molecular formula is C16H25NO2. The van der Waals surface area contributed by atoms with Crippen molar-refractivity contribution in [3.63, 3.8) is 0 Å². The third-order valence-corrected chi connectivity index (χ3v) is 3.64. The minimum Gasteiger partial charge on any atom is -0.490 e. The molecule has 0 fully saturated rings. The molecule has 0 spiro atoms. The van der Waals surface area contributed by atoms with Crippen LogP contribution in [0.2, 0.25) is 0 Å². The molecule has 1 aromatic rings. The molecule has 0 radical (unpaired) electrons. The van der Waals surface area contributed by atoms with Gasteiger partial charge in [0.05, 0.1) is 13.2 Å². The van der Waals surface area contributed by atoms with E-state index in [1.807, 2.05) is 6.07 Å². The maximum Gasteiger partial charge on any atom is 0.161 e. The van der Waals surface area contributed by atoms with Crippen LogP contribution >= 0.6 is 0 Å². The van der Waals surface area contributed by atoms with Crippen molar-refractivity contribution in [3.8, 4) is 11.5 Å². The van der Waals surface area contributed by atoms with Gasteiger partial charge in [-0.1, -0.05) is 26.8 Å². The molecule has 0 saturated carbocycles. The van der Waals surface area contributed by atoms with Gasteiger partial charge in [-0.25, -0.2) is 0 Å². The smallest absolute Gasteiger partial charge is 0.161 e. The van der Waals surface area contributed by atoms with E-state index in [4.69, 9.17) is 9.47 Å². The normalized spacial score (nSPS) is 17.9. The van der Waals surface area contributed by atoms with Gasteiger partial charge in [-0.15, -0.1) is 0 Å². The second kappa shape index (κ2) is 6.29. The lowest BCUT2D eigenvalue weighted by atomic mass is 9.93. The van der Waals surface area contributed by atoms with Crippen LogP contribution < -0.4 is 14.8 Å². The molecule has 0 amide bonds. The van der Waals surface area contributed by atoms with Crippen molar-refractivity contribution >= 4 is 0 Å². The van der Waals surface area contributed by atoms with Gasteiger partial charge in [-0.05, 0) is 30.5 Å². The van der Waals surface area contributed by atoms with E-state index in [0.29, 0.717) is 18.0 Å². The molecule has 2 atom stereocenters. The molecule has 2 unspecified atom stereocenters. The highest BCUT2D eigenvalue weighted by Crippen LogP contribution is 2.33. The zero-order chi connectivity index (χ0) is 13.8.